The van der Waals surface area contributed by atoms with Crippen molar-refractivity contribution in [1.29, 1.82) is 0 Å². The zero-order valence-electron chi connectivity index (χ0n) is 22.3. The van der Waals surface area contributed by atoms with E-state index in [1.165, 1.54) is 44.1 Å². The predicted octanol–water partition coefficient (Wildman–Crippen LogP) is 7.74. The van der Waals surface area contributed by atoms with Crippen molar-refractivity contribution < 1.29 is 9.90 Å². The van der Waals surface area contributed by atoms with Crippen molar-refractivity contribution in [3.63, 3.8) is 0 Å². The molecule has 32 heavy (non-hydrogen) atoms. The molecule has 1 unspecified atom stereocenters. The van der Waals surface area contributed by atoms with E-state index >= 15 is 0 Å². The van der Waals surface area contributed by atoms with Crippen molar-refractivity contribution >= 4 is 5.78 Å². The summed E-state index contributed by atoms with van der Waals surface area (Å²) in [5.41, 5.74) is 1.52. The van der Waals surface area contributed by atoms with Gasteiger partial charge in [-0.1, -0.05) is 46.3 Å². The highest BCUT2D eigenvalue weighted by molar-refractivity contribution is 5.85. The Kier molecular flexibility index (Phi) is 5.89. The molecule has 0 saturated heterocycles. The Hall–Kier alpha value is -0.630. The van der Waals surface area contributed by atoms with E-state index in [4.69, 9.17) is 0 Å². The first-order valence-corrected chi connectivity index (χ1v) is 13.6. The van der Waals surface area contributed by atoms with E-state index in [2.05, 4.69) is 61.5 Å². The van der Waals surface area contributed by atoms with Crippen LogP contribution < -0.4 is 0 Å². The first kappa shape index (κ1) is 24.5. The SMILES string of the molecule is CC(C)=CCC[C@](C)(O)[C@H]1CC[C@@]2(C)[C@H]1CC[C@@H]1[C@@]3(C)CCC(=O)C(C)(C)C3CC[C@]12C. The molecule has 0 amide bonds. The first-order valence-electron chi connectivity index (χ1n) is 13.6. The van der Waals surface area contributed by atoms with Gasteiger partial charge < -0.3 is 5.11 Å². The van der Waals surface area contributed by atoms with Crippen LogP contribution in [0.1, 0.15) is 120 Å². The number of hydrogen-bond donors (Lipinski definition) is 1. The van der Waals surface area contributed by atoms with E-state index in [1.54, 1.807) is 0 Å². The molecule has 0 aromatic carbocycles. The number of Topliss-reactive ketones (excluding diaryl/α,β-unsaturated/α-hetero) is 1. The van der Waals surface area contributed by atoms with Crippen LogP contribution in [0, 0.1) is 45.3 Å². The van der Waals surface area contributed by atoms with E-state index in [1.807, 2.05) is 0 Å². The molecule has 1 N–H and O–H groups in total. The summed E-state index contributed by atoms with van der Waals surface area (Å²) in [5.74, 6) is 2.78. The second kappa shape index (κ2) is 7.69. The highest BCUT2D eigenvalue weighted by atomic mass is 16.3. The third-order valence-corrected chi connectivity index (χ3v) is 12.1. The van der Waals surface area contributed by atoms with Gasteiger partial charge in [-0.3, -0.25) is 4.79 Å². The zero-order chi connectivity index (χ0) is 23.7. The van der Waals surface area contributed by atoms with Crippen molar-refractivity contribution in [2.75, 3.05) is 0 Å². The molecule has 0 aliphatic heterocycles. The molecule has 182 valence electrons. The Balaban J connectivity index is 1.62. The van der Waals surface area contributed by atoms with Crippen LogP contribution in [0.2, 0.25) is 0 Å². The minimum atomic E-state index is -0.572. The second-order valence-electron chi connectivity index (χ2n) is 14.1. The summed E-state index contributed by atoms with van der Waals surface area (Å²) in [7, 11) is 0. The van der Waals surface area contributed by atoms with Crippen molar-refractivity contribution in [2.24, 2.45) is 45.3 Å². The van der Waals surface area contributed by atoms with Crippen LogP contribution in [0.25, 0.3) is 0 Å². The molecular formula is C30H50O2. The molecule has 0 spiro atoms. The molecule has 8 atom stereocenters. The third kappa shape index (κ3) is 3.32. The summed E-state index contributed by atoms with van der Waals surface area (Å²) >= 11 is 0. The second-order valence-corrected chi connectivity index (χ2v) is 14.1. The fraction of sp³-hybridized carbons (Fsp3) is 0.900. The normalized spacial score (nSPS) is 47.1. The van der Waals surface area contributed by atoms with E-state index in [-0.39, 0.29) is 10.8 Å². The number of hydrogen-bond acceptors (Lipinski definition) is 2. The Labute approximate surface area is 198 Å². The van der Waals surface area contributed by atoms with Gasteiger partial charge in [0.25, 0.3) is 0 Å². The molecule has 0 radical (unpaired) electrons. The molecule has 4 aliphatic rings. The van der Waals surface area contributed by atoms with Gasteiger partial charge in [0.2, 0.25) is 0 Å². The van der Waals surface area contributed by atoms with E-state index in [0.29, 0.717) is 40.3 Å². The molecule has 4 rings (SSSR count). The topological polar surface area (TPSA) is 37.3 Å². The number of aliphatic hydroxyl groups is 1. The van der Waals surface area contributed by atoms with Crippen LogP contribution in [0.4, 0.5) is 0 Å². The molecule has 0 aromatic rings. The summed E-state index contributed by atoms with van der Waals surface area (Å²) in [4.78, 5) is 12.8. The monoisotopic (exact) mass is 442 g/mol. The quantitative estimate of drug-likeness (QED) is 0.452. The maximum Gasteiger partial charge on any atom is 0.138 e. The van der Waals surface area contributed by atoms with Crippen molar-refractivity contribution in [1.82, 2.24) is 0 Å². The molecule has 2 nitrogen and oxygen atoms in total. The van der Waals surface area contributed by atoms with Gasteiger partial charge >= 0.3 is 0 Å². The smallest absolute Gasteiger partial charge is 0.138 e. The van der Waals surface area contributed by atoms with Gasteiger partial charge in [0.15, 0.2) is 0 Å². The molecule has 4 saturated carbocycles. The van der Waals surface area contributed by atoms with E-state index < -0.39 is 5.60 Å². The van der Waals surface area contributed by atoms with Crippen LogP contribution in [0.5, 0.6) is 0 Å². The van der Waals surface area contributed by atoms with Crippen molar-refractivity contribution in [2.45, 2.75) is 125 Å². The van der Waals surface area contributed by atoms with Gasteiger partial charge in [-0.15, -0.1) is 0 Å². The van der Waals surface area contributed by atoms with Gasteiger partial charge in [0, 0.05) is 11.8 Å². The largest absolute Gasteiger partial charge is 0.390 e. The lowest BCUT2D eigenvalue weighted by Gasteiger charge is -2.69. The molecule has 0 bridgehead atoms. The summed E-state index contributed by atoms with van der Waals surface area (Å²) in [6.07, 6.45) is 13.5. The number of rotatable bonds is 4. The van der Waals surface area contributed by atoms with Crippen LogP contribution in [0.15, 0.2) is 11.6 Å². The summed E-state index contributed by atoms with van der Waals surface area (Å²) in [5, 5.41) is 11.6. The van der Waals surface area contributed by atoms with Crippen LogP contribution >= 0.6 is 0 Å². The van der Waals surface area contributed by atoms with Crippen LogP contribution in [-0.2, 0) is 4.79 Å². The van der Waals surface area contributed by atoms with Gasteiger partial charge in [-0.05, 0) is 118 Å². The van der Waals surface area contributed by atoms with Gasteiger partial charge in [0.1, 0.15) is 5.78 Å². The predicted molar refractivity (Wildman–Crippen MR) is 133 cm³/mol. The summed E-state index contributed by atoms with van der Waals surface area (Å²) in [6, 6.07) is 0. The Morgan fingerprint density at radius 3 is 2.28 bits per heavy atom. The standard InChI is InChI=1S/C30H50O2/c1-20(2)10-9-16-30(8,32)22-13-18-28(6)21(22)11-12-24-27(5)17-15-25(31)26(3,4)23(27)14-19-29(24,28)7/h10,21-24,32H,9,11-19H2,1-8H3/t21-,22-,23?,24+,27-,28-,29+,30-/m0/s1. The van der Waals surface area contributed by atoms with Gasteiger partial charge in [-0.25, -0.2) is 0 Å². The van der Waals surface area contributed by atoms with Gasteiger partial charge in [0.05, 0.1) is 5.60 Å². The molecule has 2 heteroatoms. The molecule has 4 fully saturated rings. The molecule has 4 aliphatic carbocycles. The third-order valence-electron chi connectivity index (χ3n) is 12.1. The minimum absolute atomic E-state index is 0.168. The lowest BCUT2D eigenvalue weighted by Crippen LogP contribution is -2.63. The van der Waals surface area contributed by atoms with Gasteiger partial charge in [-0.2, -0.15) is 0 Å². The average Bonchev–Trinajstić information content (AvgIpc) is 3.04. The Morgan fingerprint density at radius 2 is 1.62 bits per heavy atom. The maximum absolute atomic E-state index is 12.8. The van der Waals surface area contributed by atoms with E-state index in [0.717, 1.165) is 25.7 Å². The minimum Gasteiger partial charge on any atom is -0.390 e. The highest BCUT2D eigenvalue weighted by Gasteiger charge is 2.69. The molecule has 0 aromatic heterocycles. The fourth-order valence-electron chi connectivity index (χ4n) is 10.1. The van der Waals surface area contributed by atoms with Crippen LogP contribution in [0.3, 0.4) is 0 Å². The Morgan fingerprint density at radius 1 is 0.969 bits per heavy atom. The summed E-state index contributed by atoms with van der Waals surface area (Å²) < 4.78 is 0. The summed E-state index contributed by atoms with van der Waals surface area (Å²) in [6.45, 7) is 18.7. The molecular weight excluding hydrogens is 392 g/mol. The number of ketones is 1. The lowest BCUT2D eigenvalue weighted by atomic mass is 9.35. The fourth-order valence-corrected chi connectivity index (χ4v) is 10.1. The number of fused-ring (bicyclic) bond motifs is 5. The lowest BCUT2D eigenvalue weighted by molar-refractivity contribution is -0.207. The molecule has 0 heterocycles. The maximum atomic E-state index is 12.8. The number of allylic oxidation sites excluding steroid dienone is 2. The number of carbonyl (C=O) groups excluding carboxylic acids is 1. The zero-order valence-corrected chi connectivity index (χ0v) is 22.3. The van der Waals surface area contributed by atoms with Crippen LogP contribution in [-0.4, -0.2) is 16.5 Å². The highest BCUT2D eigenvalue weighted by Crippen LogP contribution is 2.75. The average molecular weight is 443 g/mol. The van der Waals surface area contributed by atoms with Crippen molar-refractivity contribution in [3.8, 4) is 0 Å². The Bertz CT molecular complexity index is 787. The van der Waals surface area contributed by atoms with Crippen molar-refractivity contribution in [3.05, 3.63) is 11.6 Å². The first-order chi connectivity index (χ1) is 14.7. The number of carbonyl (C=O) groups is 1. The van der Waals surface area contributed by atoms with E-state index in [9.17, 15) is 9.90 Å².